The van der Waals surface area contributed by atoms with Gasteiger partial charge in [0, 0.05) is 37.3 Å². The fraction of sp³-hybridized carbons (Fsp3) is 0.727. The van der Waals surface area contributed by atoms with E-state index in [-0.39, 0.29) is 6.04 Å². The van der Waals surface area contributed by atoms with Crippen molar-refractivity contribution >= 4 is 5.78 Å². The Hall–Kier alpha value is -0.830. The first-order valence-electron chi connectivity index (χ1n) is 5.61. The molecule has 0 aromatic carbocycles. The van der Waals surface area contributed by atoms with E-state index in [1.807, 2.05) is 0 Å². The van der Waals surface area contributed by atoms with Crippen LogP contribution in [0.3, 0.4) is 0 Å². The minimum absolute atomic E-state index is 0.216. The van der Waals surface area contributed by atoms with Gasteiger partial charge in [0.1, 0.15) is 0 Å². The van der Waals surface area contributed by atoms with Crippen molar-refractivity contribution in [3.63, 3.8) is 0 Å². The molecule has 1 saturated heterocycles. The van der Waals surface area contributed by atoms with Crippen LogP contribution in [0, 0.1) is 0 Å². The summed E-state index contributed by atoms with van der Waals surface area (Å²) >= 11 is 0. The van der Waals surface area contributed by atoms with E-state index in [0.717, 1.165) is 38.0 Å². The zero-order valence-corrected chi connectivity index (χ0v) is 8.38. The van der Waals surface area contributed by atoms with E-state index in [4.69, 9.17) is 0 Å². The zero-order valence-electron chi connectivity index (χ0n) is 8.38. The van der Waals surface area contributed by atoms with Crippen LogP contribution in [0.2, 0.25) is 0 Å². The number of hydrogen-bond acceptors (Lipinski definition) is 3. The van der Waals surface area contributed by atoms with Gasteiger partial charge < -0.3 is 10.2 Å². The van der Waals surface area contributed by atoms with Crippen molar-refractivity contribution in [2.45, 2.75) is 31.7 Å². The number of hydrogen-bond donors (Lipinski definition) is 1. The molecule has 1 N–H and O–H groups in total. The molecule has 3 heterocycles. The van der Waals surface area contributed by atoms with Crippen molar-refractivity contribution in [1.82, 2.24) is 10.2 Å². The molecule has 0 saturated carbocycles. The first-order chi connectivity index (χ1) is 6.88. The molecule has 3 rings (SSSR count). The lowest BCUT2D eigenvalue weighted by Crippen LogP contribution is -2.38. The van der Waals surface area contributed by atoms with Crippen LogP contribution in [0.15, 0.2) is 11.3 Å². The fourth-order valence-electron chi connectivity index (χ4n) is 2.95. The Labute approximate surface area is 84.2 Å². The lowest BCUT2D eigenvalue weighted by atomic mass is 9.99. The van der Waals surface area contributed by atoms with E-state index < -0.39 is 0 Å². The number of nitrogens with one attached hydrogen (secondary N) is 1. The predicted octanol–water partition coefficient (Wildman–Crippen LogP) is 0.671. The van der Waals surface area contributed by atoms with E-state index in [2.05, 4.69) is 10.2 Å². The second-order valence-corrected chi connectivity index (χ2v) is 4.42. The van der Waals surface area contributed by atoms with Crippen molar-refractivity contribution < 1.29 is 4.79 Å². The number of ketones is 1. The standard InChI is InChI=1S/C11H16N2O/c14-11-8-7-12-5-4-9(8)13-6-2-1-3-10(11)13/h10,12H,1-7H2. The third kappa shape index (κ3) is 1.05. The molecule has 0 aromatic heterocycles. The minimum Gasteiger partial charge on any atom is -0.364 e. The smallest absolute Gasteiger partial charge is 0.184 e. The molecule has 1 fully saturated rings. The number of carbonyl (C=O) groups is 1. The summed E-state index contributed by atoms with van der Waals surface area (Å²) in [7, 11) is 0. The molecule has 3 aliphatic heterocycles. The number of carbonyl (C=O) groups excluding carboxylic acids is 1. The average molecular weight is 192 g/mol. The van der Waals surface area contributed by atoms with E-state index in [1.165, 1.54) is 18.5 Å². The maximum atomic E-state index is 12.0. The average Bonchev–Trinajstić information content (AvgIpc) is 2.55. The van der Waals surface area contributed by atoms with Gasteiger partial charge >= 0.3 is 0 Å². The number of rotatable bonds is 0. The number of Topliss-reactive ketones (excluding diaryl/α,β-unsaturated/α-hetero) is 1. The highest BCUT2D eigenvalue weighted by Gasteiger charge is 2.40. The first-order valence-corrected chi connectivity index (χ1v) is 5.61. The summed E-state index contributed by atoms with van der Waals surface area (Å²) in [6.07, 6.45) is 4.61. The molecule has 14 heavy (non-hydrogen) atoms. The second-order valence-electron chi connectivity index (χ2n) is 4.42. The van der Waals surface area contributed by atoms with Crippen LogP contribution in [0.25, 0.3) is 0 Å². The van der Waals surface area contributed by atoms with Gasteiger partial charge in [-0.05, 0) is 19.3 Å². The Kier molecular flexibility index (Phi) is 1.87. The molecular weight excluding hydrogens is 176 g/mol. The van der Waals surface area contributed by atoms with Crippen LogP contribution in [0.4, 0.5) is 0 Å². The van der Waals surface area contributed by atoms with Gasteiger partial charge in [0.05, 0.1) is 6.04 Å². The van der Waals surface area contributed by atoms with E-state index >= 15 is 0 Å². The topological polar surface area (TPSA) is 32.3 Å². The molecule has 0 radical (unpaired) electrons. The van der Waals surface area contributed by atoms with E-state index in [9.17, 15) is 4.79 Å². The maximum Gasteiger partial charge on any atom is 0.184 e. The minimum atomic E-state index is 0.216. The van der Waals surface area contributed by atoms with Gasteiger partial charge in [-0.2, -0.15) is 0 Å². The first kappa shape index (κ1) is 8.48. The van der Waals surface area contributed by atoms with E-state index in [0.29, 0.717) is 5.78 Å². The van der Waals surface area contributed by atoms with Crippen molar-refractivity contribution in [2.24, 2.45) is 0 Å². The molecule has 0 aliphatic carbocycles. The summed E-state index contributed by atoms with van der Waals surface area (Å²) in [4.78, 5) is 14.4. The van der Waals surface area contributed by atoms with Crippen LogP contribution in [-0.4, -0.2) is 36.4 Å². The van der Waals surface area contributed by atoms with Gasteiger partial charge in [-0.1, -0.05) is 0 Å². The van der Waals surface area contributed by atoms with Gasteiger partial charge in [0.25, 0.3) is 0 Å². The highest BCUT2D eigenvalue weighted by Crippen LogP contribution is 2.34. The molecule has 0 amide bonds. The number of fused-ring (bicyclic) bond motifs is 2. The second kappa shape index (κ2) is 3.09. The SMILES string of the molecule is O=C1C2=C(CCNC2)N2CCCCC12. The Bertz CT molecular complexity index is 308. The maximum absolute atomic E-state index is 12.0. The molecular formula is C11H16N2O. The largest absolute Gasteiger partial charge is 0.364 e. The van der Waals surface area contributed by atoms with Gasteiger partial charge in [0.2, 0.25) is 0 Å². The number of piperidine rings is 1. The summed E-state index contributed by atoms with van der Waals surface area (Å²) in [6.45, 7) is 2.95. The van der Waals surface area contributed by atoms with Crippen molar-refractivity contribution in [1.29, 1.82) is 0 Å². The molecule has 0 spiro atoms. The Morgan fingerprint density at radius 1 is 1.36 bits per heavy atom. The quantitative estimate of drug-likeness (QED) is 0.612. The highest BCUT2D eigenvalue weighted by molar-refractivity contribution is 6.03. The highest BCUT2D eigenvalue weighted by atomic mass is 16.1. The van der Waals surface area contributed by atoms with E-state index in [1.54, 1.807) is 0 Å². The molecule has 0 bridgehead atoms. The van der Waals surface area contributed by atoms with Gasteiger partial charge in [-0.3, -0.25) is 4.79 Å². The molecule has 3 heteroatoms. The fourth-order valence-corrected chi connectivity index (χ4v) is 2.95. The summed E-state index contributed by atoms with van der Waals surface area (Å²) in [6, 6.07) is 0.216. The van der Waals surface area contributed by atoms with Crippen molar-refractivity contribution in [3.05, 3.63) is 11.3 Å². The lowest BCUT2D eigenvalue weighted by Gasteiger charge is -2.33. The van der Waals surface area contributed by atoms with Gasteiger partial charge in [-0.15, -0.1) is 0 Å². The molecule has 76 valence electrons. The molecule has 3 nitrogen and oxygen atoms in total. The summed E-state index contributed by atoms with van der Waals surface area (Å²) in [5.41, 5.74) is 2.45. The zero-order chi connectivity index (χ0) is 9.54. The van der Waals surface area contributed by atoms with Crippen LogP contribution >= 0.6 is 0 Å². The lowest BCUT2D eigenvalue weighted by molar-refractivity contribution is -0.119. The molecule has 1 atom stereocenters. The predicted molar refractivity (Wildman–Crippen MR) is 53.9 cm³/mol. The Morgan fingerprint density at radius 2 is 2.29 bits per heavy atom. The normalized spacial score (nSPS) is 31.9. The van der Waals surface area contributed by atoms with Crippen LogP contribution in [0.5, 0.6) is 0 Å². The van der Waals surface area contributed by atoms with Crippen LogP contribution in [-0.2, 0) is 4.79 Å². The summed E-state index contributed by atoms with van der Waals surface area (Å²) in [5.74, 6) is 0.409. The Balaban J connectivity index is 1.96. The summed E-state index contributed by atoms with van der Waals surface area (Å²) < 4.78 is 0. The monoisotopic (exact) mass is 192 g/mol. The third-order valence-electron chi connectivity index (χ3n) is 3.64. The van der Waals surface area contributed by atoms with Crippen molar-refractivity contribution in [2.75, 3.05) is 19.6 Å². The van der Waals surface area contributed by atoms with Crippen LogP contribution in [0.1, 0.15) is 25.7 Å². The number of nitrogens with zero attached hydrogens (tertiary/aromatic N) is 1. The van der Waals surface area contributed by atoms with Crippen LogP contribution < -0.4 is 5.32 Å². The Morgan fingerprint density at radius 3 is 3.21 bits per heavy atom. The molecule has 0 aromatic rings. The van der Waals surface area contributed by atoms with Gasteiger partial charge in [-0.25, -0.2) is 0 Å². The molecule has 1 unspecified atom stereocenters. The van der Waals surface area contributed by atoms with Crippen molar-refractivity contribution in [3.8, 4) is 0 Å². The summed E-state index contributed by atoms with van der Waals surface area (Å²) in [5, 5.41) is 3.29. The molecule has 3 aliphatic rings. The third-order valence-corrected chi connectivity index (χ3v) is 3.64. The van der Waals surface area contributed by atoms with Gasteiger partial charge in [0.15, 0.2) is 5.78 Å².